The van der Waals surface area contributed by atoms with Gasteiger partial charge in [0.2, 0.25) is 0 Å². The van der Waals surface area contributed by atoms with Crippen LogP contribution in [-0.4, -0.2) is 19.1 Å². The lowest BCUT2D eigenvalue weighted by molar-refractivity contribution is 0.102. The maximum Gasteiger partial charge on any atom is 0.335 e. The van der Waals surface area contributed by atoms with Crippen LogP contribution in [0.15, 0.2) is 78.9 Å². The number of amides is 1. The average molecular weight is 439 g/mol. The van der Waals surface area contributed by atoms with Gasteiger partial charge in [-0.3, -0.25) is 9.36 Å². The maximum absolute atomic E-state index is 12.6. The van der Waals surface area contributed by atoms with Gasteiger partial charge in [-0.25, -0.2) is 0 Å². The summed E-state index contributed by atoms with van der Waals surface area (Å²) in [6.07, 6.45) is 0.186. The molecular weight excluding hydrogens is 413 g/mol. The summed E-state index contributed by atoms with van der Waals surface area (Å²) in [5.74, 6) is 1.16. The Morgan fingerprint density at radius 2 is 1.39 bits per heavy atom. The van der Waals surface area contributed by atoms with Gasteiger partial charge in [0.05, 0.1) is 19.4 Å². The molecule has 3 aromatic carbocycles. The van der Waals surface area contributed by atoms with Crippen LogP contribution in [-0.2, 0) is 19.8 Å². The largest absolute Gasteiger partial charge is 0.457 e. The molecule has 0 aliphatic carbocycles. The molecule has 162 valence electrons. The lowest BCUT2D eigenvalue weighted by Gasteiger charge is -2.17. The molecule has 0 unspecified atom stereocenters. The Hall–Kier alpha value is -2.92. The number of hydrogen-bond acceptors (Lipinski definition) is 5. The molecule has 6 nitrogen and oxygen atoms in total. The Kier molecular flexibility index (Phi) is 8.01. The van der Waals surface area contributed by atoms with Crippen molar-refractivity contribution >= 4 is 19.2 Å². The molecule has 0 spiro atoms. The quantitative estimate of drug-likeness (QED) is 0.365. The van der Waals surface area contributed by atoms with E-state index in [1.165, 1.54) is 0 Å². The third-order valence-electron chi connectivity index (χ3n) is 4.34. The van der Waals surface area contributed by atoms with Crippen LogP contribution in [0.1, 0.15) is 29.8 Å². The molecule has 1 N–H and O–H groups in total. The predicted molar refractivity (Wildman–Crippen MR) is 122 cm³/mol. The van der Waals surface area contributed by atoms with Gasteiger partial charge < -0.3 is 19.1 Å². The monoisotopic (exact) mass is 439 g/mol. The second kappa shape index (κ2) is 10.9. The van der Waals surface area contributed by atoms with Crippen LogP contribution in [0.5, 0.6) is 11.5 Å². The van der Waals surface area contributed by atoms with Crippen molar-refractivity contribution in [2.45, 2.75) is 20.0 Å². The molecule has 1 amide bonds. The Bertz CT molecular complexity index is 1010. The summed E-state index contributed by atoms with van der Waals surface area (Å²) in [4.78, 5) is 12.5. The standard InChI is InChI=1S/C24H26NO5P/c1-3-28-31(27,29-4-2)18-19-10-14-21(15-11-19)25-24(26)20-12-16-23(17-13-20)30-22-8-6-5-7-9-22/h5-17H,3-4,18H2,1-2H3,(H,25,26). The zero-order chi connectivity index (χ0) is 22.1. The van der Waals surface area contributed by atoms with Gasteiger partial charge in [0.1, 0.15) is 11.5 Å². The molecule has 0 aliphatic heterocycles. The Morgan fingerprint density at radius 1 is 0.806 bits per heavy atom. The molecule has 0 aliphatic rings. The predicted octanol–water partition coefficient (Wildman–Crippen LogP) is 6.50. The van der Waals surface area contributed by atoms with E-state index in [1.54, 1.807) is 62.4 Å². The smallest absolute Gasteiger partial charge is 0.335 e. The fourth-order valence-electron chi connectivity index (χ4n) is 2.94. The molecule has 0 fully saturated rings. The highest BCUT2D eigenvalue weighted by molar-refractivity contribution is 7.53. The minimum Gasteiger partial charge on any atom is -0.457 e. The van der Waals surface area contributed by atoms with E-state index >= 15 is 0 Å². The van der Waals surface area contributed by atoms with Gasteiger partial charge in [-0.05, 0) is 67.9 Å². The van der Waals surface area contributed by atoms with Gasteiger partial charge in [-0.15, -0.1) is 0 Å². The topological polar surface area (TPSA) is 73.9 Å². The first-order valence-corrected chi connectivity index (χ1v) is 11.9. The summed E-state index contributed by atoms with van der Waals surface area (Å²) in [5, 5.41) is 2.86. The van der Waals surface area contributed by atoms with Crippen molar-refractivity contribution in [3.8, 4) is 11.5 Å². The molecule has 0 atom stereocenters. The van der Waals surface area contributed by atoms with Crippen LogP contribution in [0.25, 0.3) is 0 Å². The number of carbonyl (C=O) groups excluding carboxylic acids is 1. The minimum absolute atomic E-state index is 0.186. The van der Waals surface area contributed by atoms with E-state index in [1.807, 2.05) is 30.3 Å². The highest BCUT2D eigenvalue weighted by Crippen LogP contribution is 2.51. The molecular formula is C24H26NO5P. The maximum atomic E-state index is 12.6. The summed E-state index contributed by atoms with van der Waals surface area (Å²) in [6, 6.07) is 23.5. The fourth-order valence-corrected chi connectivity index (χ4v) is 4.64. The van der Waals surface area contributed by atoms with Crippen molar-refractivity contribution in [1.82, 2.24) is 0 Å². The van der Waals surface area contributed by atoms with Gasteiger partial charge in [0, 0.05) is 11.3 Å². The van der Waals surface area contributed by atoms with Gasteiger partial charge in [0.15, 0.2) is 0 Å². The molecule has 0 aromatic heterocycles. The second-order valence-electron chi connectivity index (χ2n) is 6.70. The Labute approximate surface area is 182 Å². The third-order valence-corrected chi connectivity index (χ3v) is 6.39. The summed E-state index contributed by atoms with van der Waals surface area (Å²) in [7, 11) is -3.16. The Morgan fingerprint density at radius 3 is 1.97 bits per heavy atom. The lowest BCUT2D eigenvalue weighted by atomic mass is 10.2. The number of hydrogen-bond donors (Lipinski definition) is 1. The van der Waals surface area contributed by atoms with Crippen molar-refractivity contribution in [2.24, 2.45) is 0 Å². The first-order valence-electron chi connectivity index (χ1n) is 10.1. The van der Waals surface area contributed by atoms with Crippen LogP contribution in [0.2, 0.25) is 0 Å². The number of rotatable bonds is 10. The van der Waals surface area contributed by atoms with Crippen molar-refractivity contribution in [3.05, 3.63) is 90.0 Å². The van der Waals surface area contributed by atoms with E-state index in [4.69, 9.17) is 13.8 Å². The minimum atomic E-state index is -3.16. The first-order chi connectivity index (χ1) is 15.0. The van der Waals surface area contributed by atoms with Crippen LogP contribution >= 0.6 is 7.60 Å². The van der Waals surface area contributed by atoms with E-state index in [9.17, 15) is 9.36 Å². The molecule has 3 aromatic rings. The Balaban J connectivity index is 1.59. The van der Waals surface area contributed by atoms with Gasteiger partial charge in [-0.2, -0.15) is 0 Å². The molecule has 7 heteroatoms. The van der Waals surface area contributed by atoms with Crippen LogP contribution in [0, 0.1) is 0 Å². The summed E-state index contributed by atoms with van der Waals surface area (Å²) < 4.78 is 29.0. The summed E-state index contributed by atoms with van der Waals surface area (Å²) in [5.41, 5.74) is 1.97. The molecule has 0 saturated carbocycles. The molecule has 3 rings (SSSR count). The third kappa shape index (κ3) is 6.79. The zero-order valence-electron chi connectivity index (χ0n) is 17.6. The van der Waals surface area contributed by atoms with E-state index < -0.39 is 7.60 Å². The van der Waals surface area contributed by atoms with Crippen LogP contribution in [0.4, 0.5) is 5.69 Å². The molecule has 31 heavy (non-hydrogen) atoms. The van der Waals surface area contributed by atoms with Gasteiger partial charge >= 0.3 is 7.60 Å². The van der Waals surface area contributed by atoms with Crippen molar-refractivity contribution < 1.29 is 23.1 Å². The molecule has 0 bridgehead atoms. The zero-order valence-corrected chi connectivity index (χ0v) is 18.5. The normalized spacial score (nSPS) is 11.2. The van der Waals surface area contributed by atoms with Gasteiger partial charge in [-0.1, -0.05) is 30.3 Å². The average Bonchev–Trinajstić information content (AvgIpc) is 2.76. The number of benzene rings is 3. The SMILES string of the molecule is CCOP(=O)(Cc1ccc(NC(=O)c2ccc(Oc3ccccc3)cc2)cc1)OCC. The lowest BCUT2D eigenvalue weighted by Crippen LogP contribution is -2.11. The second-order valence-corrected chi connectivity index (χ2v) is 8.75. The number of anilines is 1. The van der Waals surface area contributed by atoms with E-state index in [-0.39, 0.29) is 12.1 Å². The van der Waals surface area contributed by atoms with Crippen molar-refractivity contribution in [1.29, 1.82) is 0 Å². The number of ether oxygens (including phenoxy) is 1. The van der Waals surface area contributed by atoms with Crippen molar-refractivity contribution in [2.75, 3.05) is 18.5 Å². The first kappa shape index (κ1) is 22.8. The van der Waals surface area contributed by atoms with Crippen molar-refractivity contribution in [3.63, 3.8) is 0 Å². The van der Waals surface area contributed by atoms with E-state index in [2.05, 4.69) is 5.32 Å². The number of carbonyl (C=O) groups is 1. The van der Waals surface area contributed by atoms with Gasteiger partial charge in [0.25, 0.3) is 5.91 Å². The van der Waals surface area contributed by atoms with Crippen LogP contribution < -0.4 is 10.1 Å². The number of nitrogens with one attached hydrogen (secondary N) is 1. The highest BCUT2D eigenvalue weighted by Gasteiger charge is 2.23. The highest BCUT2D eigenvalue weighted by atomic mass is 31.2. The molecule has 0 radical (unpaired) electrons. The fraction of sp³-hybridized carbons (Fsp3) is 0.208. The summed E-state index contributed by atoms with van der Waals surface area (Å²) in [6.45, 7) is 4.20. The molecule has 0 saturated heterocycles. The van der Waals surface area contributed by atoms with Crippen LogP contribution in [0.3, 0.4) is 0 Å². The summed E-state index contributed by atoms with van der Waals surface area (Å²) >= 11 is 0. The number of para-hydroxylation sites is 1. The van der Waals surface area contributed by atoms with E-state index in [0.717, 1.165) is 11.3 Å². The molecule has 0 heterocycles. The van der Waals surface area contributed by atoms with E-state index in [0.29, 0.717) is 30.2 Å².